The zero-order chi connectivity index (χ0) is 18.1. The molecule has 0 unspecified atom stereocenters. The number of aromatic nitrogens is 2. The van der Waals surface area contributed by atoms with Crippen LogP contribution >= 0.6 is 0 Å². The van der Waals surface area contributed by atoms with Crippen molar-refractivity contribution in [3.8, 4) is 5.69 Å². The number of carbonyl (C=O) groups is 2. The molecule has 3 aromatic rings. The van der Waals surface area contributed by atoms with Crippen LogP contribution in [-0.4, -0.2) is 21.5 Å². The number of hydrogen-bond acceptors (Lipinski definition) is 3. The molecule has 5 heteroatoms. The van der Waals surface area contributed by atoms with Gasteiger partial charge in [0.25, 0.3) is 5.91 Å². The van der Waals surface area contributed by atoms with Crippen LogP contribution in [0, 0.1) is 0 Å². The molecule has 1 amide bonds. The van der Waals surface area contributed by atoms with E-state index in [0.29, 0.717) is 11.1 Å². The van der Waals surface area contributed by atoms with Gasteiger partial charge in [-0.1, -0.05) is 30.3 Å². The standard InChI is InChI=1S/C21H19N3O2/c1-14(25)15-10-12-16(13-11-15)21(26)22-20-18-8-5-9-19(18)23-24(20)17-6-3-2-4-7-17/h2-4,6-7,10-13H,5,8-9H2,1H3,(H,22,26). The number of rotatable bonds is 4. The number of fused-ring (bicyclic) bond motifs is 1. The molecule has 0 saturated heterocycles. The van der Waals surface area contributed by atoms with E-state index in [9.17, 15) is 9.59 Å². The van der Waals surface area contributed by atoms with E-state index >= 15 is 0 Å². The van der Waals surface area contributed by atoms with Gasteiger partial charge in [-0.25, -0.2) is 4.68 Å². The molecule has 4 rings (SSSR count). The predicted octanol–water partition coefficient (Wildman–Crippen LogP) is 3.82. The van der Waals surface area contributed by atoms with Gasteiger partial charge >= 0.3 is 0 Å². The molecule has 0 bridgehead atoms. The second-order valence-corrected chi connectivity index (χ2v) is 6.46. The molecule has 0 aliphatic heterocycles. The van der Waals surface area contributed by atoms with Crippen LogP contribution in [-0.2, 0) is 12.8 Å². The van der Waals surface area contributed by atoms with E-state index in [1.165, 1.54) is 6.92 Å². The number of aryl methyl sites for hydroxylation is 1. The molecule has 1 N–H and O–H groups in total. The van der Waals surface area contributed by atoms with Gasteiger partial charge < -0.3 is 5.32 Å². The van der Waals surface area contributed by atoms with E-state index in [2.05, 4.69) is 5.32 Å². The third kappa shape index (κ3) is 2.92. The van der Waals surface area contributed by atoms with Crippen LogP contribution in [0.2, 0.25) is 0 Å². The summed E-state index contributed by atoms with van der Waals surface area (Å²) in [5.74, 6) is 0.521. The van der Waals surface area contributed by atoms with E-state index in [1.807, 2.05) is 35.0 Å². The summed E-state index contributed by atoms with van der Waals surface area (Å²) in [6.45, 7) is 1.51. The first-order valence-electron chi connectivity index (χ1n) is 8.72. The van der Waals surface area contributed by atoms with E-state index in [0.717, 1.165) is 42.0 Å². The Labute approximate surface area is 151 Å². The number of anilines is 1. The summed E-state index contributed by atoms with van der Waals surface area (Å²) in [5.41, 5.74) is 4.20. The lowest BCUT2D eigenvalue weighted by atomic mass is 10.1. The van der Waals surface area contributed by atoms with Crippen molar-refractivity contribution in [2.75, 3.05) is 5.32 Å². The lowest BCUT2D eigenvalue weighted by molar-refractivity contribution is 0.100. The van der Waals surface area contributed by atoms with Gasteiger partial charge in [0.05, 0.1) is 11.4 Å². The zero-order valence-corrected chi connectivity index (χ0v) is 14.5. The minimum atomic E-state index is -0.202. The first kappa shape index (κ1) is 16.3. The normalized spacial score (nSPS) is 12.7. The Balaban J connectivity index is 1.67. The molecule has 1 heterocycles. The van der Waals surface area contributed by atoms with Crippen molar-refractivity contribution in [2.24, 2.45) is 0 Å². The smallest absolute Gasteiger partial charge is 0.256 e. The van der Waals surface area contributed by atoms with Crippen molar-refractivity contribution in [1.82, 2.24) is 9.78 Å². The molecule has 0 fully saturated rings. The van der Waals surface area contributed by atoms with Crippen LogP contribution in [0.25, 0.3) is 5.69 Å². The lowest BCUT2D eigenvalue weighted by Crippen LogP contribution is -2.16. The SMILES string of the molecule is CC(=O)c1ccc(C(=O)Nc2c3c(nn2-c2ccccc2)CCC3)cc1. The maximum absolute atomic E-state index is 12.7. The van der Waals surface area contributed by atoms with Gasteiger partial charge in [-0.15, -0.1) is 0 Å². The summed E-state index contributed by atoms with van der Waals surface area (Å²) < 4.78 is 1.81. The molecule has 1 aromatic heterocycles. The van der Waals surface area contributed by atoms with Crippen LogP contribution in [0.3, 0.4) is 0 Å². The van der Waals surface area contributed by atoms with Crippen molar-refractivity contribution in [3.05, 3.63) is 77.0 Å². The lowest BCUT2D eigenvalue weighted by Gasteiger charge is -2.11. The number of ketones is 1. The number of hydrogen-bond donors (Lipinski definition) is 1. The van der Waals surface area contributed by atoms with Gasteiger partial charge in [-0.05, 0) is 50.5 Å². The summed E-state index contributed by atoms with van der Waals surface area (Å²) in [5, 5.41) is 7.73. The molecule has 5 nitrogen and oxygen atoms in total. The van der Waals surface area contributed by atoms with Gasteiger partial charge in [-0.2, -0.15) is 5.10 Å². The summed E-state index contributed by atoms with van der Waals surface area (Å²) in [7, 11) is 0. The molecule has 0 spiro atoms. The van der Waals surface area contributed by atoms with E-state index in [1.54, 1.807) is 24.3 Å². The summed E-state index contributed by atoms with van der Waals surface area (Å²) in [6, 6.07) is 16.5. The maximum Gasteiger partial charge on any atom is 0.256 e. The molecule has 130 valence electrons. The summed E-state index contributed by atoms with van der Waals surface area (Å²) in [4.78, 5) is 24.1. The Kier molecular flexibility index (Phi) is 4.13. The third-order valence-corrected chi connectivity index (χ3v) is 4.69. The number of nitrogens with zero attached hydrogens (tertiary/aromatic N) is 2. The van der Waals surface area contributed by atoms with Crippen molar-refractivity contribution >= 4 is 17.5 Å². The average Bonchev–Trinajstić information content (AvgIpc) is 3.25. The van der Waals surface area contributed by atoms with E-state index in [-0.39, 0.29) is 11.7 Å². The largest absolute Gasteiger partial charge is 0.306 e. The Morgan fingerprint density at radius 3 is 2.35 bits per heavy atom. The number of para-hydroxylation sites is 1. The maximum atomic E-state index is 12.7. The van der Waals surface area contributed by atoms with Crippen LogP contribution in [0.5, 0.6) is 0 Å². The van der Waals surface area contributed by atoms with Gasteiger partial charge in [0.15, 0.2) is 5.78 Å². The quantitative estimate of drug-likeness (QED) is 0.731. The van der Waals surface area contributed by atoms with Crippen LogP contribution in [0.4, 0.5) is 5.82 Å². The summed E-state index contributed by atoms with van der Waals surface area (Å²) >= 11 is 0. The molecule has 0 saturated carbocycles. The number of carbonyl (C=O) groups excluding carboxylic acids is 2. The summed E-state index contributed by atoms with van der Waals surface area (Å²) in [6.07, 6.45) is 2.91. The average molecular weight is 345 g/mol. The number of benzene rings is 2. The third-order valence-electron chi connectivity index (χ3n) is 4.69. The Hall–Kier alpha value is -3.21. The highest BCUT2D eigenvalue weighted by Gasteiger charge is 2.24. The minimum Gasteiger partial charge on any atom is -0.306 e. The Morgan fingerprint density at radius 2 is 1.65 bits per heavy atom. The molecule has 2 aromatic carbocycles. The number of nitrogens with one attached hydrogen (secondary N) is 1. The monoisotopic (exact) mass is 345 g/mol. The van der Waals surface area contributed by atoms with E-state index < -0.39 is 0 Å². The molecule has 0 radical (unpaired) electrons. The van der Waals surface area contributed by atoms with Gasteiger partial charge in [0.2, 0.25) is 0 Å². The number of amides is 1. The van der Waals surface area contributed by atoms with Crippen molar-refractivity contribution < 1.29 is 9.59 Å². The Bertz CT molecular complexity index is 972. The van der Waals surface area contributed by atoms with Crippen molar-refractivity contribution in [3.63, 3.8) is 0 Å². The molecule has 1 aliphatic carbocycles. The topological polar surface area (TPSA) is 64.0 Å². The molecule has 26 heavy (non-hydrogen) atoms. The number of Topliss-reactive ketones (excluding diaryl/α,β-unsaturated/α-hetero) is 1. The molecular weight excluding hydrogens is 326 g/mol. The fourth-order valence-electron chi connectivity index (χ4n) is 3.31. The van der Waals surface area contributed by atoms with E-state index in [4.69, 9.17) is 5.10 Å². The van der Waals surface area contributed by atoms with Gasteiger partial charge in [0, 0.05) is 16.7 Å². The van der Waals surface area contributed by atoms with Crippen LogP contribution in [0.15, 0.2) is 54.6 Å². The molecule has 1 aliphatic rings. The first-order valence-corrected chi connectivity index (χ1v) is 8.72. The zero-order valence-electron chi connectivity index (χ0n) is 14.5. The Morgan fingerprint density at radius 1 is 0.962 bits per heavy atom. The van der Waals surface area contributed by atoms with Crippen LogP contribution in [0.1, 0.15) is 45.3 Å². The van der Waals surface area contributed by atoms with Crippen LogP contribution < -0.4 is 5.32 Å². The first-order chi connectivity index (χ1) is 12.6. The fourth-order valence-corrected chi connectivity index (χ4v) is 3.31. The van der Waals surface area contributed by atoms with Gasteiger partial charge in [0.1, 0.15) is 5.82 Å². The highest BCUT2D eigenvalue weighted by Crippen LogP contribution is 2.31. The fraction of sp³-hybridized carbons (Fsp3) is 0.190. The minimum absolute atomic E-state index is 0.0167. The second kappa shape index (κ2) is 6.59. The van der Waals surface area contributed by atoms with Gasteiger partial charge in [-0.3, -0.25) is 9.59 Å². The van der Waals surface area contributed by atoms with Crippen molar-refractivity contribution in [1.29, 1.82) is 0 Å². The highest BCUT2D eigenvalue weighted by molar-refractivity contribution is 6.05. The predicted molar refractivity (Wildman–Crippen MR) is 100.0 cm³/mol. The van der Waals surface area contributed by atoms with Crippen molar-refractivity contribution in [2.45, 2.75) is 26.2 Å². The molecule has 0 atom stereocenters. The molecular formula is C21H19N3O2. The second-order valence-electron chi connectivity index (χ2n) is 6.46. The highest BCUT2D eigenvalue weighted by atomic mass is 16.1.